The van der Waals surface area contributed by atoms with Gasteiger partial charge in [-0.25, -0.2) is 0 Å². The first-order valence-corrected chi connectivity index (χ1v) is 7.84. The van der Waals surface area contributed by atoms with Crippen molar-refractivity contribution >= 4 is 15.9 Å². The standard InChI is InChI=1S/C16H21BrN2O2/c1-3-7-21-16-5-4-14(17)9-13(16)10-18-11-15-12-19(2)6-8-20-15/h1,4-5,9,15,18H,6-8,10-12H2,2H3. The van der Waals surface area contributed by atoms with Gasteiger partial charge in [-0.05, 0) is 25.2 Å². The number of nitrogens with zero attached hydrogens (tertiary/aromatic N) is 1. The predicted octanol–water partition coefficient (Wildman–Crippen LogP) is 1.88. The fraction of sp³-hybridized carbons (Fsp3) is 0.500. The molecule has 1 N–H and O–H groups in total. The molecule has 0 bridgehead atoms. The molecule has 5 heteroatoms. The Balaban J connectivity index is 1.86. The lowest BCUT2D eigenvalue weighted by Crippen LogP contribution is -2.44. The van der Waals surface area contributed by atoms with Gasteiger partial charge in [-0.1, -0.05) is 21.9 Å². The summed E-state index contributed by atoms with van der Waals surface area (Å²) in [5, 5.41) is 3.43. The molecule has 21 heavy (non-hydrogen) atoms. The van der Waals surface area contributed by atoms with Gasteiger partial charge in [0.2, 0.25) is 0 Å². The van der Waals surface area contributed by atoms with Crippen molar-refractivity contribution in [2.45, 2.75) is 12.6 Å². The number of ether oxygens (including phenoxy) is 2. The average Bonchev–Trinajstić information content (AvgIpc) is 2.46. The van der Waals surface area contributed by atoms with Crippen molar-refractivity contribution in [3.8, 4) is 18.1 Å². The van der Waals surface area contributed by atoms with E-state index in [2.05, 4.69) is 39.1 Å². The predicted molar refractivity (Wildman–Crippen MR) is 87.4 cm³/mol. The quantitative estimate of drug-likeness (QED) is 0.792. The van der Waals surface area contributed by atoms with Crippen LogP contribution in [0.3, 0.4) is 0 Å². The van der Waals surface area contributed by atoms with Crippen LogP contribution in [0.4, 0.5) is 0 Å². The number of likely N-dealkylation sites (N-methyl/N-ethyl adjacent to an activating group) is 1. The van der Waals surface area contributed by atoms with Gasteiger partial charge in [0.25, 0.3) is 0 Å². The Morgan fingerprint density at radius 2 is 2.43 bits per heavy atom. The second-order valence-electron chi connectivity index (χ2n) is 5.13. The number of rotatable bonds is 6. The monoisotopic (exact) mass is 352 g/mol. The van der Waals surface area contributed by atoms with E-state index in [1.54, 1.807) is 0 Å². The summed E-state index contributed by atoms with van der Waals surface area (Å²) in [7, 11) is 2.12. The van der Waals surface area contributed by atoms with Gasteiger partial charge in [-0.2, -0.15) is 0 Å². The smallest absolute Gasteiger partial charge is 0.148 e. The zero-order chi connectivity index (χ0) is 15.1. The maximum absolute atomic E-state index is 5.73. The summed E-state index contributed by atoms with van der Waals surface area (Å²) >= 11 is 3.49. The summed E-state index contributed by atoms with van der Waals surface area (Å²) in [4.78, 5) is 2.29. The molecule has 0 aliphatic carbocycles. The lowest BCUT2D eigenvalue weighted by Gasteiger charge is -2.30. The molecule has 1 unspecified atom stereocenters. The van der Waals surface area contributed by atoms with E-state index < -0.39 is 0 Å². The Labute approximate surface area is 134 Å². The van der Waals surface area contributed by atoms with E-state index in [0.717, 1.165) is 48.6 Å². The molecule has 1 aromatic rings. The van der Waals surface area contributed by atoms with Crippen LogP contribution in [-0.4, -0.2) is 50.9 Å². The van der Waals surface area contributed by atoms with Gasteiger partial charge < -0.3 is 19.7 Å². The highest BCUT2D eigenvalue weighted by atomic mass is 79.9. The van der Waals surface area contributed by atoms with E-state index in [1.807, 2.05) is 18.2 Å². The summed E-state index contributed by atoms with van der Waals surface area (Å²) in [5.74, 6) is 3.32. The molecule has 0 aromatic heterocycles. The topological polar surface area (TPSA) is 33.7 Å². The highest BCUT2D eigenvalue weighted by molar-refractivity contribution is 9.10. The number of benzene rings is 1. The molecule has 0 amide bonds. The number of terminal acetylenes is 1. The maximum Gasteiger partial charge on any atom is 0.148 e. The molecule has 4 nitrogen and oxygen atoms in total. The lowest BCUT2D eigenvalue weighted by atomic mass is 10.2. The van der Waals surface area contributed by atoms with Crippen LogP contribution in [0.25, 0.3) is 0 Å². The van der Waals surface area contributed by atoms with Crippen LogP contribution in [0.5, 0.6) is 5.75 Å². The van der Waals surface area contributed by atoms with Crippen molar-refractivity contribution in [3.63, 3.8) is 0 Å². The largest absolute Gasteiger partial charge is 0.481 e. The molecule has 1 saturated heterocycles. The number of hydrogen-bond donors (Lipinski definition) is 1. The fourth-order valence-corrected chi connectivity index (χ4v) is 2.71. The Morgan fingerprint density at radius 1 is 1.57 bits per heavy atom. The van der Waals surface area contributed by atoms with Crippen molar-refractivity contribution in [3.05, 3.63) is 28.2 Å². The van der Waals surface area contributed by atoms with Gasteiger partial charge >= 0.3 is 0 Å². The third-order valence-electron chi connectivity index (χ3n) is 3.36. The van der Waals surface area contributed by atoms with Crippen LogP contribution >= 0.6 is 15.9 Å². The first-order valence-electron chi connectivity index (χ1n) is 7.04. The van der Waals surface area contributed by atoms with E-state index in [9.17, 15) is 0 Å². The van der Waals surface area contributed by atoms with Crippen molar-refractivity contribution < 1.29 is 9.47 Å². The van der Waals surface area contributed by atoms with Crippen LogP contribution in [0.2, 0.25) is 0 Å². The summed E-state index contributed by atoms with van der Waals surface area (Å²) in [6.07, 6.45) is 5.49. The minimum Gasteiger partial charge on any atom is -0.481 e. The first kappa shape index (κ1) is 16.3. The van der Waals surface area contributed by atoms with Gasteiger partial charge in [-0.3, -0.25) is 0 Å². The average molecular weight is 353 g/mol. The summed E-state index contributed by atoms with van der Waals surface area (Å²) < 4.78 is 12.3. The summed E-state index contributed by atoms with van der Waals surface area (Å²) in [6.45, 7) is 4.61. The molecule has 1 aromatic carbocycles. The second kappa shape index (κ2) is 8.40. The highest BCUT2D eigenvalue weighted by Gasteiger charge is 2.17. The van der Waals surface area contributed by atoms with Crippen LogP contribution in [0.1, 0.15) is 5.56 Å². The van der Waals surface area contributed by atoms with E-state index >= 15 is 0 Å². The minimum absolute atomic E-state index is 0.242. The molecule has 1 heterocycles. The number of hydrogen-bond acceptors (Lipinski definition) is 4. The molecule has 114 valence electrons. The van der Waals surface area contributed by atoms with Crippen LogP contribution < -0.4 is 10.1 Å². The Morgan fingerprint density at radius 3 is 3.19 bits per heavy atom. The number of halogens is 1. The second-order valence-corrected chi connectivity index (χ2v) is 6.05. The van der Waals surface area contributed by atoms with E-state index in [1.165, 1.54) is 0 Å². The Kier molecular flexibility index (Phi) is 6.52. The summed E-state index contributed by atoms with van der Waals surface area (Å²) in [6, 6.07) is 5.94. The molecular weight excluding hydrogens is 332 g/mol. The number of morpholine rings is 1. The van der Waals surface area contributed by atoms with Crippen LogP contribution in [0.15, 0.2) is 22.7 Å². The van der Waals surface area contributed by atoms with Gasteiger partial charge in [0, 0.05) is 36.2 Å². The molecule has 1 aliphatic heterocycles. The van der Waals surface area contributed by atoms with Gasteiger partial charge in [0.05, 0.1) is 12.7 Å². The van der Waals surface area contributed by atoms with Crippen LogP contribution in [-0.2, 0) is 11.3 Å². The highest BCUT2D eigenvalue weighted by Crippen LogP contribution is 2.23. The van der Waals surface area contributed by atoms with Gasteiger partial charge in [0.15, 0.2) is 0 Å². The molecule has 1 fully saturated rings. The molecule has 0 spiro atoms. The summed E-state index contributed by atoms with van der Waals surface area (Å²) in [5.41, 5.74) is 1.09. The van der Waals surface area contributed by atoms with E-state index in [4.69, 9.17) is 15.9 Å². The third kappa shape index (κ3) is 5.33. The Hall–Kier alpha value is -1.06. The molecular formula is C16H21BrN2O2. The van der Waals surface area contributed by atoms with Crippen molar-refractivity contribution in [2.75, 3.05) is 39.9 Å². The maximum atomic E-state index is 5.73. The fourth-order valence-electron chi connectivity index (χ4n) is 2.30. The zero-order valence-electron chi connectivity index (χ0n) is 12.3. The normalized spacial score (nSPS) is 19.2. The Bertz CT molecular complexity index is 502. The van der Waals surface area contributed by atoms with E-state index in [0.29, 0.717) is 0 Å². The molecule has 1 aliphatic rings. The molecule has 1 atom stereocenters. The lowest BCUT2D eigenvalue weighted by molar-refractivity contribution is -0.0182. The molecule has 2 rings (SSSR count). The van der Waals surface area contributed by atoms with Crippen molar-refractivity contribution in [1.29, 1.82) is 0 Å². The van der Waals surface area contributed by atoms with Gasteiger partial charge in [-0.15, -0.1) is 6.42 Å². The van der Waals surface area contributed by atoms with Crippen LogP contribution in [0, 0.1) is 12.3 Å². The molecule has 0 radical (unpaired) electrons. The zero-order valence-corrected chi connectivity index (χ0v) is 13.9. The van der Waals surface area contributed by atoms with E-state index in [-0.39, 0.29) is 12.7 Å². The minimum atomic E-state index is 0.242. The molecule has 0 saturated carbocycles. The first-order chi connectivity index (χ1) is 10.2. The SMILES string of the molecule is C#CCOc1ccc(Br)cc1CNCC1CN(C)CCO1. The van der Waals surface area contributed by atoms with Crippen molar-refractivity contribution in [1.82, 2.24) is 10.2 Å². The number of nitrogens with one attached hydrogen (secondary N) is 1. The third-order valence-corrected chi connectivity index (χ3v) is 3.86. The van der Waals surface area contributed by atoms with Gasteiger partial charge in [0.1, 0.15) is 12.4 Å². The van der Waals surface area contributed by atoms with Crippen molar-refractivity contribution in [2.24, 2.45) is 0 Å².